The van der Waals surface area contributed by atoms with E-state index >= 15 is 0 Å². The van der Waals surface area contributed by atoms with Gasteiger partial charge in [0.05, 0.1) is 0 Å². The van der Waals surface area contributed by atoms with Gasteiger partial charge in [-0.05, 0) is 11.6 Å². The van der Waals surface area contributed by atoms with Crippen molar-refractivity contribution in [3.05, 3.63) is 78.9 Å². The summed E-state index contributed by atoms with van der Waals surface area (Å²) in [5.41, 5.74) is 5.64. The van der Waals surface area contributed by atoms with Gasteiger partial charge in [0.15, 0.2) is 0 Å². The molecular formula is C20H15BO. The first kappa shape index (κ1) is 13.0. The molecule has 1 nitrogen and oxygen atoms in total. The van der Waals surface area contributed by atoms with Crippen LogP contribution >= 0.6 is 0 Å². The van der Waals surface area contributed by atoms with Crippen LogP contribution in [0.3, 0.4) is 0 Å². The summed E-state index contributed by atoms with van der Waals surface area (Å²) in [4.78, 5) is 0. The number of benzene rings is 3. The molecule has 0 saturated heterocycles. The van der Waals surface area contributed by atoms with Crippen LogP contribution in [0.1, 0.15) is 0 Å². The van der Waals surface area contributed by atoms with Crippen molar-refractivity contribution in [3.63, 3.8) is 0 Å². The van der Waals surface area contributed by atoms with Crippen molar-refractivity contribution in [1.82, 2.24) is 0 Å². The molecule has 0 radical (unpaired) electrons. The summed E-state index contributed by atoms with van der Waals surface area (Å²) in [7, 11) is 2.10. The number of fused-ring (bicyclic) bond motifs is 1. The lowest BCUT2D eigenvalue weighted by Gasteiger charge is -2.04. The van der Waals surface area contributed by atoms with Crippen molar-refractivity contribution in [2.45, 2.75) is 0 Å². The highest BCUT2D eigenvalue weighted by Gasteiger charge is 2.16. The van der Waals surface area contributed by atoms with E-state index in [0.717, 1.165) is 22.3 Å². The maximum absolute atomic E-state index is 6.18. The zero-order valence-corrected chi connectivity index (χ0v) is 12.4. The smallest absolute Gasteiger partial charge is 0.143 e. The molecule has 0 aliphatic rings. The van der Waals surface area contributed by atoms with Crippen LogP contribution in [0.15, 0.2) is 83.3 Å². The molecule has 0 bridgehead atoms. The van der Waals surface area contributed by atoms with Gasteiger partial charge in [0.25, 0.3) is 0 Å². The van der Waals surface area contributed by atoms with Crippen LogP contribution in [-0.4, -0.2) is 7.85 Å². The molecule has 0 N–H and O–H groups in total. The molecule has 1 heterocycles. The van der Waals surface area contributed by atoms with Gasteiger partial charge in [-0.3, -0.25) is 0 Å². The minimum atomic E-state index is 0.928. The average Bonchev–Trinajstić information content (AvgIpc) is 2.96. The van der Waals surface area contributed by atoms with E-state index in [1.54, 1.807) is 0 Å². The van der Waals surface area contributed by atoms with Crippen molar-refractivity contribution in [2.75, 3.05) is 0 Å². The lowest BCUT2D eigenvalue weighted by atomic mass is 9.93. The predicted molar refractivity (Wildman–Crippen MR) is 95.3 cm³/mol. The molecule has 0 atom stereocenters. The van der Waals surface area contributed by atoms with Gasteiger partial charge in [-0.15, -0.1) is 0 Å². The Morgan fingerprint density at radius 3 is 2.09 bits per heavy atom. The second-order valence-electron chi connectivity index (χ2n) is 5.53. The Labute approximate surface area is 130 Å². The molecule has 3 aromatic carbocycles. The maximum atomic E-state index is 6.18. The van der Waals surface area contributed by atoms with Gasteiger partial charge in [0.1, 0.15) is 19.2 Å². The van der Waals surface area contributed by atoms with Gasteiger partial charge in [0.2, 0.25) is 0 Å². The third-order valence-electron chi connectivity index (χ3n) is 3.97. The third kappa shape index (κ3) is 2.13. The summed E-state index contributed by atoms with van der Waals surface area (Å²) in [6.45, 7) is 0. The lowest BCUT2D eigenvalue weighted by molar-refractivity contribution is 0.632. The van der Waals surface area contributed by atoms with E-state index in [0.29, 0.717) is 0 Å². The quantitative estimate of drug-likeness (QED) is 0.506. The standard InChI is InChI=1S/C20H15BO/c21-16-12-10-15(11-13-16)20-19(14-6-2-1-3-7-14)17-8-4-5-9-18(17)22-20/h1-13H,21H2. The molecule has 4 rings (SSSR count). The first-order valence-electron chi connectivity index (χ1n) is 7.47. The molecule has 2 heteroatoms. The van der Waals surface area contributed by atoms with E-state index < -0.39 is 0 Å². The van der Waals surface area contributed by atoms with Crippen LogP contribution in [0.4, 0.5) is 0 Å². The average molecular weight is 282 g/mol. The number of para-hydroxylation sites is 1. The van der Waals surface area contributed by atoms with Crippen molar-refractivity contribution in [3.8, 4) is 22.5 Å². The van der Waals surface area contributed by atoms with Gasteiger partial charge >= 0.3 is 0 Å². The lowest BCUT2D eigenvalue weighted by Crippen LogP contribution is -1.99. The van der Waals surface area contributed by atoms with E-state index in [1.807, 2.05) is 18.2 Å². The van der Waals surface area contributed by atoms with Gasteiger partial charge in [-0.1, -0.05) is 78.3 Å². The van der Waals surface area contributed by atoms with Crippen LogP contribution in [0.25, 0.3) is 33.4 Å². The summed E-state index contributed by atoms with van der Waals surface area (Å²) in [5.74, 6) is 0.937. The Morgan fingerprint density at radius 2 is 1.32 bits per heavy atom. The fourth-order valence-corrected chi connectivity index (χ4v) is 2.85. The van der Waals surface area contributed by atoms with Crippen LogP contribution in [-0.2, 0) is 0 Å². The first-order chi connectivity index (χ1) is 10.8. The SMILES string of the molecule is Bc1ccc(-c2oc3ccccc3c2-c2ccccc2)cc1. The second kappa shape index (κ2) is 5.23. The Morgan fingerprint density at radius 1 is 0.636 bits per heavy atom. The van der Waals surface area contributed by atoms with Crippen molar-refractivity contribution < 1.29 is 4.42 Å². The van der Waals surface area contributed by atoms with Crippen molar-refractivity contribution in [1.29, 1.82) is 0 Å². The Kier molecular flexibility index (Phi) is 3.08. The molecular weight excluding hydrogens is 267 g/mol. The predicted octanol–water partition coefficient (Wildman–Crippen LogP) is 4.03. The summed E-state index contributed by atoms with van der Waals surface area (Å²) in [5, 5.41) is 1.16. The summed E-state index contributed by atoms with van der Waals surface area (Å²) >= 11 is 0. The molecule has 4 aromatic rings. The summed E-state index contributed by atoms with van der Waals surface area (Å²) < 4.78 is 6.18. The van der Waals surface area contributed by atoms with Crippen LogP contribution in [0, 0.1) is 0 Å². The number of hydrogen-bond acceptors (Lipinski definition) is 1. The third-order valence-corrected chi connectivity index (χ3v) is 3.97. The van der Waals surface area contributed by atoms with Gasteiger partial charge in [-0.2, -0.15) is 0 Å². The molecule has 0 spiro atoms. The van der Waals surface area contributed by atoms with Crippen molar-refractivity contribution in [2.24, 2.45) is 0 Å². The maximum Gasteiger partial charge on any atom is 0.143 e. The van der Waals surface area contributed by atoms with Crippen molar-refractivity contribution >= 4 is 24.3 Å². The van der Waals surface area contributed by atoms with E-state index in [2.05, 4.69) is 68.5 Å². The fraction of sp³-hybridized carbons (Fsp3) is 0. The molecule has 0 unspecified atom stereocenters. The zero-order valence-electron chi connectivity index (χ0n) is 12.4. The first-order valence-corrected chi connectivity index (χ1v) is 7.47. The Bertz CT molecular complexity index is 921. The largest absolute Gasteiger partial charge is 0.455 e. The van der Waals surface area contributed by atoms with E-state index in [4.69, 9.17) is 4.42 Å². The highest BCUT2D eigenvalue weighted by atomic mass is 16.3. The molecule has 0 aliphatic heterocycles. The highest BCUT2D eigenvalue weighted by molar-refractivity contribution is 6.32. The minimum Gasteiger partial charge on any atom is -0.455 e. The Hall–Kier alpha value is -2.74. The van der Waals surface area contributed by atoms with E-state index in [9.17, 15) is 0 Å². The van der Waals surface area contributed by atoms with Gasteiger partial charge in [0, 0.05) is 16.5 Å². The fourth-order valence-electron chi connectivity index (χ4n) is 2.85. The zero-order chi connectivity index (χ0) is 14.9. The van der Waals surface area contributed by atoms with E-state index in [-0.39, 0.29) is 0 Å². The molecule has 0 fully saturated rings. The summed E-state index contributed by atoms with van der Waals surface area (Å²) in [6.07, 6.45) is 0. The van der Waals surface area contributed by atoms with Gasteiger partial charge in [-0.25, -0.2) is 0 Å². The molecule has 0 saturated carbocycles. The number of hydrogen-bond donors (Lipinski definition) is 0. The van der Waals surface area contributed by atoms with E-state index in [1.165, 1.54) is 16.6 Å². The number of furan rings is 1. The van der Waals surface area contributed by atoms with Crippen LogP contribution in [0.2, 0.25) is 0 Å². The topological polar surface area (TPSA) is 13.1 Å². The normalized spacial score (nSPS) is 10.9. The molecule has 0 amide bonds. The Balaban J connectivity index is 2.04. The molecule has 0 aliphatic carbocycles. The second-order valence-corrected chi connectivity index (χ2v) is 5.53. The molecule has 22 heavy (non-hydrogen) atoms. The van der Waals surface area contributed by atoms with Crippen LogP contribution < -0.4 is 5.46 Å². The van der Waals surface area contributed by atoms with Gasteiger partial charge < -0.3 is 4.42 Å². The van der Waals surface area contributed by atoms with Crippen LogP contribution in [0.5, 0.6) is 0 Å². The number of rotatable bonds is 2. The summed E-state index contributed by atoms with van der Waals surface area (Å²) in [6, 6.07) is 27.2. The molecule has 104 valence electrons. The monoisotopic (exact) mass is 282 g/mol. The molecule has 1 aromatic heterocycles. The highest BCUT2D eigenvalue weighted by Crippen LogP contribution is 2.40. The minimum absolute atomic E-state index is 0.928.